The van der Waals surface area contributed by atoms with Crippen LogP contribution in [0.25, 0.3) is 11.1 Å². The van der Waals surface area contributed by atoms with E-state index in [0.717, 1.165) is 24.6 Å². The molecule has 1 atom stereocenters. The maximum absolute atomic E-state index is 15.1. The average Bonchev–Trinajstić information content (AvgIpc) is 3.47. The number of halogens is 5. The van der Waals surface area contributed by atoms with Crippen molar-refractivity contribution in [3.05, 3.63) is 71.1 Å². The molecule has 11 heteroatoms. The Balaban J connectivity index is 1.65. The van der Waals surface area contributed by atoms with E-state index in [1.807, 2.05) is 13.8 Å². The third-order valence-electron chi connectivity index (χ3n) is 6.51. The monoisotopic (exact) mass is 507 g/mol. The van der Waals surface area contributed by atoms with E-state index in [-0.39, 0.29) is 41.3 Å². The fourth-order valence-corrected chi connectivity index (χ4v) is 4.11. The van der Waals surface area contributed by atoms with Gasteiger partial charge in [-0.1, -0.05) is 13.0 Å². The Hall–Kier alpha value is -3.76. The van der Waals surface area contributed by atoms with Crippen molar-refractivity contribution in [3.8, 4) is 11.1 Å². The number of hydrogen-bond donors (Lipinski definition) is 2. The number of carboxylic acids is 1. The van der Waals surface area contributed by atoms with Gasteiger partial charge in [0.15, 0.2) is 0 Å². The Labute approximate surface area is 202 Å². The molecule has 2 N–H and O–H groups in total. The number of nitrogens with one attached hydrogen (secondary N) is 1. The molecule has 3 aromatic rings. The Morgan fingerprint density at radius 2 is 1.86 bits per heavy atom. The van der Waals surface area contributed by atoms with E-state index in [1.54, 1.807) is 4.68 Å². The molecular formula is C25H22F5N3O3. The lowest BCUT2D eigenvalue weighted by molar-refractivity contribution is -0.137. The van der Waals surface area contributed by atoms with Crippen molar-refractivity contribution in [3.63, 3.8) is 0 Å². The van der Waals surface area contributed by atoms with Crippen LogP contribution < -0.4 is 5.32 Å². The number of carbonyl (C=O) groups is 2. The van der Waals surface area contributed by atoms with Crippen LogP contribution >= 0.6 is 0 Å². The lowest BCUT2D eigenvalue weighted by atomic mass is 9.93. The van der Waals surface area contributed by atoms with Crippen LogP contribution in [0.1, 0.15) is 60.6 Å². The van der Waals surface area contributed by atoms with E-state index < -0.39 is 46.2 Å². The summed E-state index contributed by atoms with van der Waals surface area (Å²) in [5.41, 5.74) is -3.37. The zero-order valence-corrected chi connectivity index (χ0v) is 19.3. The van der Waals surface area contributed by atoms with Gasteiger partial charge in [0, 0.05) is 34.6 Å². The molecule has 1 amide bonds. The van der Waals surface area contributed by atoms with Gasteiger partial charge in [0.25, 0.3) is 0 Å². The number of nitrogens with zero attached hydrogens (tertiary/aromatic N) is 2. The number of aromatic nitrogens is 2. The number of hydrogen-bond acceptors (Lipinski definition) is 3. The van der Waals surface area contributed by atoms with Crippen LogP contribution in [-0.4, -0.2) is 26.8 Å². The van der Waals surface area contributed by atoms with Crippen LogP contribution in [0.4, 0.5) is 27.6 Å². The van der Waals surface area contributed by atoms with Gasteiger partial charge in [0.2, 0.25) is 5.91 Å². The quantitative estimate of drug-likeness (QED) is 0.374. The van der Waals surface area contributed by atoms with Crippen LogP contribution in [0.5, 0.6) is 0 Å². The predicted octanol–water partition coefficient (Wildman–Crippen LogP) is 6.19. The van der Waals surface area contributed by atoms with E-state index in [2.05, 4.69) is 10.4 Å². The molecule has 190 valence electrons. The second-order valence-electron chi connectivity index (χ2n) is 8.88. The minimum Gasteiger partial charge on any atom is -0.478 e. The van der Waals surface area contributed by atoms with Gasteiger partial charge in [-0.3, -0.25) is 9.48 Å². The molecule has 6 nitrogen and oxygen atoms in total. The third kappa shape index (κ3) is 4.57. The minimum absolute atomic E-state index is 0.00831. The number of rotatable bonds is 7. The summed E-state index contributed by atoms with van der Waals surface area (Å²) in [4.78, 5) is 24.9. The Morgan fingerprint density at radius 3 is 2.42 bits per heavy atom. The smallest absolute Gasteiger partial charge is 0.416 e. The molecule has 1 heterocycles. The van der Waals surface area contributed by atoms with E-state index >= 15 is 4.39 Å². The summed E-state index contributed by atoms with van der Waals surface area (Å²) in [6, 6.07) is 3.99. The summed E-state index contributed by atoms with van der Waals surface area (Å²) in [6.07, 6.45) is -0.770. The SMILES string of the molecule is CCC(C)n1cc(-c2c(F)cc(NC(=O)C3(c4ccc(C(F)(F)F)cc4F)CC3)cc2C(=O)O)cn1. The summed E-state index contributed by atoms with van der Waals surface area (Å²) in [7, 11) is 0. The van der Waals surface area contributed by atoms with E-state index in [9.17, 15) is 32.3 Å². The summed E-state index contributed by atoms with van der Waals surface area (Å²) in [5, 5.41) is 16.3. The zero-order chi connectivity index (χ0) is 26.4. The number of anilines is 1. The Kier molecular flexibility index (Phi) is 6.36. The second-order valence-corrected chi connectivity index (χ2v) is 8.88. The van der Waals surface area contributed by atoms with Gasteiger partial charge < -0.3 is 10.4 Å². The first-order valence-electron chi connectivity index (χ1n) is 11.2. The van der Waals surface area contributed by atoms with Crippen molar-refractivity contribution >= 4 is 17.6 Å². The maximum Gasteiger partial charge on any atom is 0.416 e. The fourth-order valence-electron chi connectivity index (χ4n) is 4.11. The van der Waals surface area contributed by atoms with Crippen LogP contribution in [0, 0.1) is 11.6 Å². The van der Waals surface area contributed by atoms with Gasteiger partial charge in [-0.2, -0.15) is 18.3 Å². The number of benzene rings is 2. The lowest BCUT2D eigenvalue weighted by Gasteiger charge is -2.18. The number of carboxylic acid groups (broad SMARTS) is 1. The molecule has 0 saturated heterocycles. The van der Waals surface area contributed by atoms with Gasteiger partial charge in [0.1, 0.15) is 11.6 Å². The highest BCUT2D eigenvalue weighted by molar-refractivity contribution is 6.03. The van der Waals surface area contributed by atoms with Crippen LogP contribution in [0.15, 0.2) is 42.7 Å². The summed E-state index contributed by atoms with van der Waals surface area (Å²) < 4.78 is 69.9. The molecule has 1 aliphatic carbocycles. The van der Waals surface area contributed by atoms with Crippen molar-refractivity contribution in [2.24, 2.45) is 0 Å². The molecule has 1 fully saturated rings. The molecule has 0 bridgehead atoms. The van der Waals surface area contributed by atoms with Crippen LogP contribution in [0.2, 0.25) is 0 Å². The number of alkyl halides is 3. The molecule has 1 aliphatic rings. The first-order chi connectivity index (χ1) is 16.9. The van der Waals surface area contributed by atoms with Gasteiger partial charge in [-0.05, 0) is 50.5 Å². The number of carbonyl (C=O) groups excluding carboxylic acids is 1. The average molecular weight is 507 g/mol. The lowest BCUT2D eigenvalue weighted by Crippen LogP contribution is -2.29. The molecule has 4 rings (SSSR count). The molecule has 0 radical (unpaired) electrons. The summed E-state index contributed by atoms with van der Waals surface area (Å²) >= 11 is 0. The van der Waals surface area contributed by atoms with Crippen LogP contribution in [-0.2, 0) is 16.4 Å². The van der Waals surface area contributed by atoms with Gasteiger partial charge in [0.05, 0.1) is 22.7 Å². The standard InChI is InChI=1S/C25H22F5N3O3/c1-3-13(2)33-12-14(11-31-33)21-17(22(34)35)9-16(10-20(21)27)32-23(36)24(6-7-24)18-5-4-15(8-19(18)26)25(28,29)30/h4-5,8-13H,3,6-7H2,1-2H3,(H,32,36)(H,34,35). The third-order valence-corrected chi connectivity index (χ3v) is 6.51. The predicted molar refractivity (Wildman–Crippen MR) is 121 cm³/mol. The van der Waals surface area contributed by atoms with Crippen molar-refractivity contribution < 1.29 is 36.6 Å². The Morgan fingerprint density at radius 1 is 1.17 bits per heavy atom. The van der Waals surface area contributed by atoms with Crippen molar-refractivity contribution in [1.29, 1.82) is 0 Å². The van der Waals surface area contributed by atoms with Crippen molar-refractivity contribution in [2.45, 2.75) is 50.7 Å². The van der Waals surface area contributed by atoms with Gasteiger partial charge in [-0.15, -0.1) is 0 Å². The van der Waals surface area contributed by atoms with E-state index in [4.69, 9.17) is 0 Å². The second kappa shape index (κ2) is 9.03. The molecule has 0 aliphatic heterocycles. The van der Waals surface area contributed by atoms with Crippen LogP contribution in [0.3, 0.4) is 0 Å². The fraction of sp³-hybridized carbons (Fsp3) is 0.320. The normalized spacial score (nSPS) is 15.4. The minimum atomic E-state index is -4.74. The van der Waals surface area contributed by atoms with E-state index in [1.165, 1.54) is 12.4 Å². The summed E-state index contributed by atoms with van der Waals surface area (Å²) in [6.45, 7) is 3.84. The highest BCUT2D eigenvalue weighted by Gasteiger charge is 2.53. The molecular weight excluding hydrogens is 485 g/mol. The largest absolute Gasteiger partial charge is 0.478 e. The van der Waals surface area contributed by atoms with Gasteiger partial charge in [-0.25, -0.2) is 13.6 Å². The highest BCUT2D eigenvalue weighted by atomic mass is 19.4. The van der Waals surface area contributed by atoms with Crippen molar-refractivity contribution in [2.75, 3.05) is 5.32 Å². The van der Waals surface area contributed by atoms with E-state index in [0.29, 0.717) is 12.1 Å². The zero-order valence-electron chi connectivity index (χ0n) is 19.3. The molecule has 0 spiro atoms. The molecule has 2 aromatic carbocycles. The number of amides is 1. The van der Waals surface area contributed by atoms with Crippen molar-refractivity contribution in [1.82, 2.24) is 9.78 Å². The molecule has 1 saturated carbocycles. The summed E-state index contributed by atoms with van der Waals surface area (Å²) in [5.74, 6) is -4.30. The molecule has 36 heavy (non-hydrogen) atoms. The maximum atomic E-state index is 15.1. The highest BCUT2D eigenvalue weighted by Crippen LogP contribution is 2.50. The first kappa shape index (κ1) is 25.3. The van der Waals surface area contributed by atoms with Gasteiger partial charge >= 0.3 is 12.1 Å². The first-order valence-corrected chi connectivity index (χ1v) is 11.2. The number of aromatic carboxylic acids is 1. The Bertz CT molecular complexity index is 1350. The molecule has 1 unspecified atom stereocenters. The topological polar surface area (TPSA) is 84.2 Å². The molecule has 1 aromatic heterocycles.